The van der Waals surface area contributed by atoms with Gasteiger partial charge in [0.1, 0.15) is 6.54 Å². The predicted molar refractivity (Wildman–Crippen MR) is 95.4 cm³/mol. The highest BCUT2D eigenvalue weighted by atomic mass is 16.2. The summed E-state index contributed by atoms with van der Waals surface area (Å²) in [6, 6.07) is 11.2. The molecule has 0 atom stereocenters. The highest BCUT2D eigenvalue weighted by Crippen LogP contribution is 2.28. The Morgan fingerprint density at radius 3 is 2.69 bits per heavy atom. The van der Waals surface area contributed by atoms with Gasteiger partial charge in [0.2, 0.25) is 5.91 Å². The summed E-state index contributed by atoms with van der Waals surface area (Å²) in [5.74, 6) is -0.278. The second-order valence-electron chi connectivity index (χ2n) is 6.08. The first-order valence-electron chi connectivity index (χ1n) is 8.10. The molecule has 1 aliphatic heterocycles. The van der Waals surface area contributed by atoms with Gasteiger partial charge in [0.25, 0.3) is 5.91 Å². The maximum absolute atomic E-state index is 13.0. The first-order chi connectivity index (χ1) is 12.5. The number of rotatable bonds is 2. The summed E-state index contributed by atoms with van der Waals surface area (Å²) in [5, 5.41) is 10.9. The van der Waals surface area contributed by atoms with Crippen molar-refractivity contribution in [3.8, 4) is 5.69 Å². The quantitative estimate of drug-likeness (QED) is 0.763. The zero-order chi connectivity index (χ0) is 18.3. The number of pyridine rings is 1. The van der Waals surface area contributed by atoms with E-state index in [-0.39, 0.29) is 18.1 Å². The molecular formula is C18H16N6O2. The number of aromatic nitrogens is 4. The number of nitrogens with one attached hydrogen (secondary N) is 1. The smallest absolute Gasteiger partial charge is 0.282 e. The Balaban J connectivity index is 1.72. The molecule has 8 nitrogen and oxygen atoms in total. The lowest BCUT2D eigenvalue weighted by Crippen LogP contribution is -2.43. The van der Waals surface area contributed by atoms with Gasteiger partial charge in [-0.05, 0) is 38.1 Å². The monoisotopic (exact) mass is 348 g/mol. The van der Waals surface area contributed by atoms with Crippen LogP contribution in [0.3, 0.4) is 0 Å². The molecule has 1 aliphatic rings. The van der Waals surface area contributed by atoms with Crippen LogP contribution in [0, 0.1) is 13.8 Å². The van der Waals surface area contributed by atoms with Crippen LogP contribution in [0.15, 0.2) is 42.6 Å². The van der Waals surface area contributed by atoms with Crippen molar-refractivity contribution in [2.24, 2.45) is 0 Å². The molecule has 3 heterocycles. The Morgan fingerprint density at radius 1 is 1.15 bits per heavy atom. The fourth-order valence-electron chi connectivity index (χ4n) is 2.87. The fourth-order valence-corrected chi connectivity index (χ4v) is 2.87. The third-order valence-corrected chi connectivity index (χ3v) is 4.24. The number of aryl methyl sites for hydroxylation is 1. The average molecular weight is 348 g/mol. The summed E-state index contributed by atoms with van der Waals surface area (Å²) in [4.78, 5) is 30.5. The van der Waals surface area contributed by atoms with Crippen LogP contribution >= 0.6 is 0 Å². The highest BCUT2D eigenvalue weighted by molar-refractivity contribution is 6.14. The minimum atomic E-state index is -0.407. The van der Waals surface area contributed by atoms with Crippen molar-refractivity contribution in [1.82, 2.24) is 20.0 Å². The Hall–Kier alpha value is -3.55. The third kappa shape index (κ3) is 2.61. The largest absolute Gasteiger partial charge is 0.321 e. The van der Waals surface area contributed by atoms with Crippen LogP contribution in [0.4, 0.5) is 11.5 Å². The van der Waals surface area contributed by atoms with Crippen molar-refractivity contribution in [2.45, 2.75) is 13.8 Å². The first kappa shape index (κ1) is 15.9. The van der Waals surface area contributed by atoms with Crippen LogP contribution in [0.2, 0.25) is 0 Å². The van der Waals surface area contributed by atoms with Crippen LogP contribution < -0.4 is 10.2 Å². The Bertz CT molecular complexity index is 1010. The molecule has 130 valence electrons. The standard InChI is InChI=1S/C18H16N6O2/c1-11-5-7-13(8-6-11)24-12(2)16(21-22-24)18(26)23-10-15(25)20-14-4-3-9-19-17(14)23/h3-9H,10H2,1-2H3,(H,20,25). The maximum Gasteiger partial charge on any atom is 0.282 e. The number of benzene rings is 1. The molecule has 8 heteroatoms. The van der Waals surface area contributed by atoms with E-state index in [1.54, 1.807) is 29.9 Å². The molecule has 2 aromatic heterocycles. The van der Waals surface area contributed by atoms with E-state index in [0.29, 0.717) is 17.2 Å². The summed E-state index contributed by atoms with van der Waals surface area (Å²) < 4.78 is 1.61. The number of hydrogen-bond acceptors (Lipinski definition) is 5. The number of carbonyl (C=O) groups is 2. The molecule has 2 amide bonds. The van der Waals surface area contributed by atoms with Gasteiger partial charge in [-0.15, -0.1) is 5.10 Å². The number of carbonyl (C=O) groups excluding carboxylic acids is 2. The van der Waals surface area contributed by atoms with Gasteiger partial charge in [-0.1, -0.05) is 22.9 Å². The molecule has 0 saturated heterocycles. The van der Waals surface area contributed by atoms with Crippen molar-refractivity contribution in [2.75, 3.05) is 16.8 Å². The number of nitrogens with zero attached hydrogens (tertiary/aromatic N) is 5. The molecule has 0 spiro atoms. The van der Waals surface area contributed by atoms with Crippen molar-refractivity contribution >= 4 is 23.3 Å². The molecule has 0 unspecified atom stereocenters. The van der Waals surface area contributed by atoms with Crippen LogP contribution in [-0.4, -0.2) is 38.3 Å². The van der Waals surface area contributed by atoms with Gasteiger partial charge >= 0.3 is 0 Å². The lowest BCUT2D eigenvalue weighted by Gasteiger charge is -2.27. The Kier molecular flexibility index (Phi) is 3.72. The van der Waals surface area contributed by atoms with Gasteiger partial charge in [0, 0.05) is 6.20 Å². The number of anilines is 2. The first-order valence-corrected chi connectivity index (χ1v) is 8.10. The molecule has 0 fully saturated rings. The topological polar surface area (TPSA) is 93.0 Å². The van der Waals surface area contributed by atoms with Crippen LogP contribution in [0.1, 0.15) is 21.7 Å². The molecule has 0 saturated carbocycles. The van der Waals surface area contributed by atoms with Gasteiger partial charge in [0.15, 0.2) is 11.5 Å². The zero-order valence-electron chi connectivity index (χ0n) is 14.3. The summed E-state index contributed by atoms with van der Waals surface area (Å²) in [6.45, 7) is 3.66. The van der Waals surface area contributed by atoms with Gasteiger partial charge in [0.05, 0.1) is 17.1 Å². The second kappa shape index (κ2) is 6.07. The van der Waals surface area contributed by atoms with Crippen molar-refractivity contribution in [3.63, 3.8) is 0 Å². The molecule has 1 aromatic carbocycles. The lowest BCUT2D eigenvalue weighted by atomic mass is 10.2. The number of amides is 2. The van der Waals surface area contributed by atoms with Crippen molar-refractivity contribution in [1.29, 1.82) is 0 Å². The second-order valence-corrected chi connectivity index (χ2v) is 6.08. The molecule has 4 rings (SSSR count). The van der Waals surface area contributed by atoms with Gasteiger partial charge in [-0.2, -0.15) is 0 Å². The summed E-state index contributed by atoms with van der Waals surface area (Å²) >= 11 is 0. The summed E-state index contributed by atoms with van der Waals surface area (Å²) in [7, 11) is 0. The molecule has 0 aliphatic carbocycles. The van der Waals surface area contributed by atoms with Crippen molar-refractivity contribution in [3.05, 3.63) is 59.5 Å². The van der Waals surface area contributed by atoms with Gasteiger partial charge in [-0.3, -0.25) is 14.5 Å². The maximum atomic E-state index is 13.0. The summed E-state index contributed by atoms with van der Waals surface area (Å²) in [6.07, 6.45) is 1.58. The minimum absolute atomic E-state index is 0.111. The van der Waals surface area contributed by atoms with E-state index in [4.69, 9.17) is 0 Å². The Labute approximate surface area is 149 Å². The van der Waals surface area contributed by atoms with Gasteiger partial charge < -0.3 is 5.32 Å². The average Bonchev–Trinajstić information content (AvgIpc) is 3.02. The van der Waals surface area contributed by atoms with Crippen LogP contribution in [-0.2, 0) is 4.79 Å². The molecular weight excluding hydrogens is 332 g/mol. The minimum Gasteiger partial charge on any atom is -0.321 e. The highest BCUT2D eigenvalue weighted by Gasteiger charge is 2.31. The van der Waals surface area contributed by atoms with E-state index in [9.17, 15) is 9.59 Å². The molecule has 1 N–H and O–H groups in total. The number of fused-ring (bicyclic) bond motifs is 1. The van der Waals surface area contributed by atoms with Gasteiger partial charge in [-0.25, -0.2) is 9.67 Å². The molecule has 3 aromatic rings. The Morgan fingerprint density at radius 2 is 1.92 bits per heavy atom. The van der Waals surface area contributed by atoms with Crippen LogP contribution in [0.5, 0.6) is 0 Å². The predicted octanol–water partition coefficient (Wildman–Crippen LogP) is 1.88. The van der Waals surface area contributed by atoms with E-state index in [1.165, 1.54) is 4.90 Å². The molecule has 26 heavy (non-hydrogen) atoms. The van der Waals surface area contributed by atoms with E-state index < -0.39 is 5.91 Å². The number of hydrogen-bond donors (Lipinski definition) is 1. The molecule has 0 bridgehead atoms. The van der Waals surface area contributed by atoms with E-state index in [1.807, 2.05) is 31.2 Å². The third-order valence-electron chi connectivity index (χ3n) is 4.24. The van der Waals surface area contributed by atoms with E-state index >= 15 is 0 Å². The molecule has 0 radical (unpaired) electrons. The lowest BCUT2D eigenvalue weighted by molar-refractivity contribution is -0.115. The van der Waals surface area contributed by atoms with Crippen molar-refractivity contribution < 1.29 is 9.59 Å². The zero-order valence-corrected chi connectivity index (χ0v) is 14.3. The van der Waals surface area contributed by atoms with Crippen LogP contribution in [0.25, 0.3) is 5.69 Å². The fraction of sp³-hybridized carbons (Fsp3) is 0.167. The summed E-state index contributed by atoms with van der Waals surface area (Å²) in [5.41, 5.74) is 3.24. The normalized spacial score (nSPS) is 13.3. The van der Waals surface area contributed by atoms with E-state index in [2.05, 4.69) is 20.6 Å². The van der Waals surface area contributed by atoms with E-state index in [0.717, 1.165) is 11.3 Å². The SMILES string of the molecule is Cc1ccc(-n2nnc(C(=O)N3CC(=O)Nc4cccnc43)c2C)cc1.